The number of likely N-dealkylation sites (N-methyl/N-ethyl adjacent to an activating group) is 1. The van der Waals surface area contributed by atoms with Crippen LogP contribution in [0.1, 0.15) is 17.5 Å². The number of halogens is 7. The molecule has 3 unspecified atom stereocenters. The fraction of sp³-hybridized carbons (Fsp3) is 0.433. The molecule has 5 rings (SSSR count). The van der Waals surface area contributed by atoms with Gasteiger partial charge in [-0.25, -0.2) is 24.7 Å². The molecule has 0 saturated carbocycles. The number of likely N-dealkylation sites (tertiary alicyclic amines) is 1. The minimum Gasteiger partial charge on any atom is -0.462 e. The van der Waals surface area contributed by atoms with Gasteiger partial charge >= 0.3 is 12.2 Å². The van der Waals surface area contributed by atoms with Crippen molar-refractivity contribution >= 4 is 40.0 Å². The Morgan fingerprint density at radius 2 is 1.94 bits per heavy atom. The van der Waals surface area contributed by atoms with Crippen molar-refractivity contribution in [3.8, 4) is 17.3 Å². The molecular weight excluding hydrogens is 654 g/mol. The van der Waals surface area contributed by atoms with Crippen LogP contribution in [0.4, 0.5) is 38.0 Å². The molecule has 0 aliphatic carbocycles. The summed E-state index contributed by atoms with van der Waals surface area (Å²) < 4.78 is 92.8. The molecule has 2 saturated heterocycles. The van der Waals surface area contributed by atoms with E-state index in [1.54, 1.807) is 16.8 Å². The second kappa shape index (κ2) is 13.0. The fourth-order valence-corrected chi connectivity index (χ4v) is 6.31. The monoisotopic (exact) mass is 682 g/mol. The Bertz CT molecular complexity index is 1780. The van der Waals surface area contributed by atoms with Gasteiger partial charge in [-0.3, -0.25) is 9.69 Å². The van der Waals surface area contributed by atoms with Crippen LogP contribution in [-0.2, 0) is 11.0 Å². The predicted octanol–water partition coefficient (Wildman–Crippen LogP) is 5.23. The van der Waals surface area contributed by atoms with Crippen molar-refractivity contribution in [3.63, 3.8) is 0 Å². The zero-order valence-corrected chi connectivity index (χ0v) is 26.0. The lowest BCUT2D eigenvalue weighted by Gasteiger charge is -2.39. The highest BCUT2D eigenvalue weighted by atomic mass is 35.5. The summed E-state index contributed by atoms with van der Waals surface area (Å²) in [5.41, 5.74) is 2.24. The minimum absolute atomic E-state index is 0.0177. The number of aryl methyl sites for hydroxylation is 1. The van der Waals surface area contributed by atoms with Crippen LogP contribution in [0.3, 0.4) is 0 Å². The highest BCUT2D eigenvalue weighted by Gasteiger charge is 2.39. The number of nitrogens with two attached hydrogens (primary N) is 1. The summed E-state index contributed by atoms with van der Waals surface area (Å²) in [6, 6.07) is 0.657. The Morgan fingerprint density at radius 1 is 1.21 bits per heavy atom. The van der Waals surface area contributed by atoms with Gasteiger partial charge in [0.05, 0.1) is 21.8 Å². The summed E-state index contributed by atoms with van der Waals surface area (Å²) in [7, 11) is 1.71. The molecule has 250 valence electrons. The standard InChI is InChI=1S/C30H29ClF6N8O2/c1-14-7-21(38)40-26(23(14)30(35,36)37)22-20(31)9-19-25(24(22)34)41-29(47-13-17-8-16(33)11-43(17)4)42-27(19)44-5-6-45(28(46)15(2)32)18(12-44)10-39-3/h7,9,16-18H,2,5-6,8,10-13H2,1,4H3,(H2,38,40). The number of carbonyl (C=O) groups is 1. The first-order valence-electron chi connectivity index (χ1n) is 14.4. The molecule has 0 spiro atoms. The van der Waals surface area contributed by atoms with Gasteiger partial charge in [0.1, 0.15) is 36.0 Å². The number of aromatic nitrogens is 3. The summed E-state index contributed by atoms with van der Waals surface area (Å²) in [5.74, 6) is -3.70. The summed E-state index contributed by atoms with van der Waals surface area (Å²) in [5, 5.41) is -0.464. The maximum Gasteiger partial charge on any atom is 0.418 e. The molecule has 2 aliphatic heterocycles. The molecule has 0 bridgehead atoms. The van der Waals surface area contributed by atoms with Gasteiger partial charge in [-0.05, 0) is 38.1 Å². The second-order valence-corrected chi connectivity index (χ2v) is 11.8. The molecule has 1 aromatic carbocycles. The first-order chi connectivity index (χ1) is 22.1. The van der Waals surface area contributed by atoms with E-state index in [9.17, 15) is 26.7 Å². The van der Waals surface area contributed by atoms with Gasteiger partial charge in [-0.15, -0.1) is 0 Å². The normalized spacial score (nSPS) is 20.5. The number of nitrogens with zero attached hydrogens (tertiary/aromatic N) is 7. The number of rotatable bonds is 7. The number of pyridine rings is 1. The lowest BCUT2D eigenvalue weighted by atomic mass is 9.99. The van der Waals surface area contributed by atoms with E-state index in [-0.39, 0.29) is 80.4 Å². The molecule has 10 nitrogen and oxygen atoms in total. The smallest absolute Gasteiger partial charge is 0.418 e. The molecule has 3 atom stereocenters. The third kappa shape index (κ3) is 6.72. The van der Waals surface area contributed by atoms with E-state index in [1.807, 2.05) is 0 Å². The number of alkyl halides is 4. The Labute approximate surface area is 270 Å². The molecule has 47 heavy (non-hydrogen) atoms. The number of hydrogen-bond donors (Lipinski definition) is 1. The molecule has 4 heterocycles. The number of carbonyl (C=O) groups excluding carboxylic acids is 1. The number of benzene rings is 1. The van der Waals surface area contributed by atoms with E-state index >= 15 is 4.39 Å². The van der Waals surface area contributed by atoms with Crippen molar-refractivity contribution in [3.05, 3.63) is 57.9 Å². The largest absolute Gasteiger partial charge is 0.462 e. The van der Waals surface area contributed by atoms with Crippen LogP contribution in [0.15, 0.2) is 24.5 Å². The van der Waals surface area contributed by atoms with E-state index in [1.165, 1.54) is 11.0 Å². The Hall–Kier alpha value is -4.36. The zero-order chi connectivity index (χ0) is 34.4. The number of piperazine rings is 1. The van der Waals surface area contributed by atoms with E-state index in [2.05, 4.69) is 26.4 Å². The van der Waals surface area contributed by atoms with Crippen LogP contribution in [-0.4, -0.2) is 95.3 Å². The summed E-state index contributed by atoms with van der Waals surface area (Å²) >= 11 is 6.50. The van der Waals surface area contributed by atoms with Gasteiger partial charge in [-0.2, -0.15) is 23.1 Å². The maximum absolute atomic E-state index is 16.6. The molecule has 0 radical (unpaired) electrons. The molecule has 17 heteroatoms. The van der Waals surface area contributed by atoms with Gasteiger partial charge in [0.25, 0.3) is 5.91 Å². The predicted molar refractivity (Wildman–Crippen MR) is 163 cm³/mol. The quantitative estimate of drug-likeness (QED) is 0.205. The van der Waals surface area contributed by atoms with Crippen molar-refractivity contribution in [1.82, 2.24) is 24.8 Å². The molecule has 2 aromatic heterocycles. The van der Waals surface area contributed by atoms with Crippen LogP contribution in [0, 0.1) is 19.3 Å². The SMILES string of the molecule is [C-]#[N+]CC1CN(c2nc(OCC3CC(F)CN3C)nc3c(F)c(-c4nc(N)cc(C)c4C(F)(F)F)c(Cl)cc23)CCN1C(=O)C(=C)F. The van der Waals surface area contributed by atoms with E-state index in [4.69, 9.17) is 28.6 Å². The van der Waals surface area contributed by atoms with Gasteiger partial charge in [0.15, 0.2) is 11.6 Å². The van der Waals surface area contributed by atoms with Crippen molar-refractivity contribution in [2.75, 3.05) is 57.0 Å². The Morgan fingerprint density at radius 3 is 2.55 bits per heavy atom. The van der Waals surface area contributed by atoms with Crippen LogP contribution < -0.4 is 15.4 Å². The number of amides is 1. The van der Waals surface area contributed by atoms with Crippen molar-refractivity contribution in [2.24, 2.45) is 0 Å². The Balaban J connectivity index is 1.67. The highest BCUT2D eigenvalue weighted by Crippen LogP contribution is 2.44. The number of nitrogen functional groups attached to an aromatic ring is 1. The van der Waals surface area contributed by atoms with Crippen molar-refractivity contribution in [1.29, 1.82) is 0 Å². The topological polar surface area (TPSA) is 105 Å². The van der Waals surface area contributed by atoms with Crippen LogP contribution in [0.2, 0.25) is 5.02 Å². The molecule has 3 aromatic rings. The molecular formula is C30H29ClF6N8O2. The Kier molecular flexibility index (Phi) is 9.43. The number of ether oxygens (including phenoxy) is 1. The van der Waals surface area contributed by atoms with E-state index < -0.39 is 63.3 Å². The fourth-order valence-electron chi connectivity index (χ4n) is 6.03. The molecule has 2 N–H and O–H groups in total. The lowest BCUT2D eigenvalue weighted by molar-refractivity contribution is -0.137. The molecule has 1 amide bonds. The second-order valence-electron chi connectivity index (χ2n) is 11.4. The average molecular weight is 683 g/mol. The third-order valence-electron chi connectivity index (χ3n) is 8.22. The maximum atomic E-state index is 16.6. The minimum atomic E-state index is -4.95. The van der Waals surface area contributed by atoms with Gasteiger partial charge in [-0.1, -0.05) is 18.2 Å². The summed E-state index contributed by atoms with van der Waals surface area (Å²) in [4.78, 5) is 32.8. The van der Waals surface area contributed by atoms with Crippen molar-refractivity contribution in [2.45, 2.75) is 37.8 Å². The lowest BCUT2D eigenvalue weighted by Crippen LogP contribution is -2.56. The highest BCUT2D eigenvalue weighted by molar-refractivity contribution is 6.34. The summed E-state index contributed by atoms with van der Waals surface area (Å²) in [6.45, 7) is 11.4. The van der Waals surface area contributed by atoms with Crippen LogP contribution in [0.25, 0.3) is 27.0 Å². The van der Waals surface area contributed by atoms with Gasteiger partial charge < -0.3 is 25.1 Å². The number of anilines is 2. The summed E-state index contributed by atoms with van der Waals surface area (Å²) in [6.07, 6.45) is -5.86. The van der Waals surface area contributed by atoms with Gasteiger partial charge in [0.2, 0.25) is 6.54 Å². The van der Waals surface area contributed by atoms with Crippen LogP contribution in [0.5, 0.6) is 6.01 Å². The van der Waals surface area contributed by atoms with E-state index in [0.29, 0.717) is 0 Å². The van der Waals surface area contributed by atoms with Crippen LogP contribution >= 0.6 is 11.6 Å². The third-order valence-corrected chi connectivity index (χ3v) is 8.52. The van der Waals surface area contributed by atoms with E-state index in [0.717, 1.165) is 13.0 Å². The zero-order valence-electron chi connectivity index (χ0n) is 25.2. The molecule has 2 fully saturated rings. The number of hydrogen-bond acceptors (Lipinski definition) is 8. The first-order valence-corrected chi connectivity index (χ1v) is 14.7. The average Bonchev–Trinajstić information content (AvgIpc) is 3.30. The molecule has 2 aliphatic rings. The van der Waals surface area contributed by atoms with Gasteiger partial charge in [0, 0.05) is 37.6 Å². The van der Waals surface area contributed by atoms with Crippen molar-refractivity contribution < 1.29 is 35.9 Å². The first kappa shape index (κ1) is 34.0. The number of fused-ring (bicyclic) bond motifs is 1.